The van der Waals surface area contributed by atoms with Gasteiger partial charge in [-0.15, -0.1) is 12.4 Å². The minimum Gasteiger partial charge on any atom is -0.379 e. The molecular weight excluding hydrogens is 206 g/mol. The molecule has 5 heteroatoms. The number of halogens is 1. The number of hydrogen-bond acceptors (Lipinski definition) is 3. The number of hydrogen-bond donors (Lipinski definition) is 2. The predicted molar refractivity (Wildman–Crippen MR) is 59.6 cm³/mol. The average molecular weight is 218 g/mol. The van der Waals surface area contributed by atoms with E-state index in [1.165, 1.54) is 11.8 Å². The van der Waals surface area contributed by atoms with Gasteiger partial charge in [0.2, 0.25) is 0 Å². The zero-order chi connectivity index (χ0) is 8.81. The molecule has 0 radical (unpaired) electrons. The van der Waals surface area contributed by atoms with E-state index >= 15 is 0 Å². The minimum atomic E-state index is 0. The zero-order valence-electron chi connectivity index (χ0n) is 7.06. The molecule has 0 unspecified atom stereocenters. The molecule has 0 aromatic carbocycles. The van der Waals surface area contributed by atoms with Crippen molar-refractivity contribution in [1.29, 1.82) is 5.41 Å². The van der Waals surface area contributed by atoms with Crippen LogP contribution in [0, 0.1) is 5.41 Å². The van der Waals surface area contributed by atoms with Crippen molar-refractivity contribution in [1.82, 2.24) is 4.98 Å². The Morgan fingerprint density at radius 1 is 1.54 bits per heavy atom. The molecule has 0 fully saturated rings. The van der Waals surface area contributed by atoms with E-state index in [-0.39, 0.29) is 17.6 Å². The van der Waals surface area contributed by atoms with Gasteiger partial charge in [0.15, 0.2) is 5.17 Å². The van der Waals surface area contributed by atoms with Gasteiger partial charge in [-0.3, -0.25) is 10.4 Å². The van der Waals surface area contributed by atoms with Crippen LogP contribution in [-0.2, 0) is 6.42 Å². The van der Waals surface area contributed by atoms with Crippen LogP contribution in [0.3, 0.4) is 0 Å². The van der Waals surface area contributed by atoms with Crippen molar-refractivity contribution in [3.05, 3.63) is 30.1 Å². The molecule has 1 aromatic rings. The summed E-state index contributed by atoms with van der Waals surface area (Å²) < 4.78 is 0. The van der Waals surface area contributed by atoms with Crippen LogP contribution in [0.5, 0.6) is 0 Å². The maximum Gasteiger partial charge on any atom is 0.151 e. The molecule has 3 nitrogen and oxygen atoms in total. The summed E-state index contributed by atoms with van der Waals surface area (Å²) in [6, 6.07) is 5.82. The van der Waals surface area contributed by atoms with E-state index in [0.717, 1.165) is 17.9 Å². The van der Waals surface area contributed by atoms with Crippen molar-refractivity contribution in [3.8, 4) is 0 Å². The topological polar surface area (TPSA) is 62.8 Å². The van der Waals surface area contributed by atoms with E-state index in [1.54, 1.807) is 6.20 Å². The third-order valence-corrected chi connectivity index (χ3v) is 2.06. The molecule has 0 aliphatic carbocycles. The third-order valence-electron chi connectivity index (χ3n) is 1.34. The summed E-state index contributed by atoms with van der Waals surface area (Å²) in [5.74, 6) is 0.826. The highest BCUT2D eigenvalue weighted by molar-refractivity contribution is 8.13. The summed E-state index contributed by atoms with van der Waals surface area (Å²) in [4.78, 5) is 4.15. The molecule has 1 aromatic heterocycles. The Hall–Kier alpha value is -0.740. The van der Waals surface area contributed by atoms with E-state index in [2.05, 4.69) is 4.98 Å². The predicted octanol–water partition coefficient (Wildman–Crippen LogP) is 1.67. The molecule has 1 rings (SSSR count). The monoisotopic (exact) mass is 217 g/mol. The quantitative estimate of drug-likeness (QED) is 0.598. The van der Waals surface area contributed by atoms with Crippen LogP contribution in [0.25, 0.3) is 0 Å². The van der Waals surface area contributed by atoms with Gasteiger partial charge in [0.1, 0.15) is 0 Å². The Labute approximate surface area is 88.0 Å². The van der Waals surface area contributed by atoms with Gasteiger partial charge in [0.25, 0.3) is 0 Å². The lowest BCUT2D eigenvalue weighted by Crippen LogP contribution is -2.05. The minimum absolute atomic E-state index is 0. The normalized spacial score (nSPS) is 8.92. The second-order valence-electron chi connectivity index (χ2n) is 2.28. The Morgan fingerprint density at radius 2 is 2.31 bits per heavy atom. The lowest BCUT2D eigenvalue weighted by atomic mass is 10.3. The van der Waals surface area contributed by atoms with Crippen molar-refractivity contribution in [2.45, 2.75) is 6.42 Å². The van der Waals surface area contributed by atoms with Gasteiger partial charge in [-0.1, -0.05) is 17.8 Å². The summed E-state index contributed by atoms with van der Waals surface area (Å²) in [5, 5.41) is 7.15. The van der Waals surface area contributed by atoms with Crippen LogP contribution in [0.4, 0.5) is 0 Å². The molecule has 0 atom stereocenters. The van der Waals surface area contributed by atoms with Crippen LogP contribution in [-0.4, -0.2) is 15.9 Å². The first kappa shape index (κ1) is 12.3. The third kappa shape index (κ3) is 5.49. The fraction of sp³-hybridized carbons (Fsp3) is 0.250. The lowest BCUT2D eigenvalue weighted by molar-refractivity contribution is 1.05. The zero-order valence-corrected chi connectivity index (χ0v) is 8.70. The Morgan fingerprint density at radius 3 is 2.85 bits per heavy atom. The molecular formula is C8H12ClN3S. The van der Waals surface area contributed by atoms with Gasteiger partial charge < -0.3 is 5.73 Å². The molecule has 0 saturated carbocycles. The van der Waals surface area contributed by atoms with Crippen molar-refractivity contribution < 1.29 is 0 Å². The second-order valence-corrected chi connectivity index (χ2v) is 3.42. The standard InChI is InChI=1S/C8H11N3S.ClH/c9-8(10)12-6-4-7-3-1-2-5-11-7;/h1-3,5H,4,6H2,(H3,9,10);1H. The van der Waals surface area contributed by atoms with E-state index in [9.17, 15) is 0 Å². The fourth-order valence-electron chi connectivity index (χ4n) is 0.812. The smallest absolute Gasteiger partial charge is 0.151 e. The van der Waals surface area contributed by atoms with Gasteiger partial charge in [0, 0.05) is 17.6 Å². The number of nitrogens with zero attached hydrogens (tertiary/aromatic N) is 1. The van der Waals surface area contributed by atoms with Gasteiger partial charge in [-0.25, -0.2) is 0 Å². The van der Waals surface area contributed by atoms with Crippen LogP contribution in [0.2, 0.25) is 0 Å². The summed E-state index contributed by atoms with van der Waals surface area (Å²) in [5.41, 5.74) is 6.23. The van der Waals surface area contributed by atoms with E-state index in [1.807, 2.05) is 18.2 Å². The summed E-state index contributed by atoms with van der Waals surface area (Å²) >= 11 is 1.35. The number of aromatic nitrogens is 1. The van der Waals surface area contributed by atoms with E-state index < -0.39 is 0 Å². The van der Waals surface area contributed by atoms with Gasteiger partial charge >= 0.3 is 0 Å². The largest absolute Gasteiger partial charge is 0.379 e. The molecule has 0 bridgehead atoms. The Balaban J connectivity index is 0.00000144. The van der Waals surface area contributed by atoms with E-state index in [4.69, 9.17) is 11.1 Å². The first-order chi connectivity index (χ1) is 5.79. The molecule has 13 heavy (non-hydrogen) atoms. The summed E-state index contributed by atoms with van der Waals surface area (Å²) in [6.07, 6.45) is 2.64. The van der Waals surface area contributed by atoms with Crippen molar-refractivity contribution in [2.75, 3.05) is 5.75 Å². The molecule has 3 N–H and O–H groups in total. The van der Waals surface area contributed by atoms with Crippen LogP contribution in [0.15, 0.2) is 24.4 Å². The SMILES string of the molecule is Cl.N=C(N)SCCc1ccccn1. The Bertz CT molecular complexity index is 253. The molecule has 0 amide bonds. The highest BCUT2D eigenvalue weighted by Gasteiger charge is 1.94. The lowest BCUT2D eigenvalue weighted by Gasteiger charge is -1.98. The van der Waals surface area contributed by atoms with Crippen LogP contribution in [0.1, 0.15) is 5.69 Å². The molecule has 72 valence electrons. The number of nitrogens with one attached hydrogen (secondary N) is 1. The number of rotatable bonds is 3. The summed E-state index contributed by atoms with van der Waals surface area (Å²) in [6.45, 7) is 0. The van der Waals surface area contributed by atoms with E-state index in [0.29, 0.717) is 0 Å². The Kier molecular flexibility index (Phi) is 6.36. The van der Waals surface area contributed by atoms with Crippen molar-refractivity contribution in [2.24, 2.45) is 5.73 Å². The van der Waals surface area contributed by atoms with Crippen LogP contribution >= 0.6 is 24.2 Å². The number of nitrogens with two attached hydrogens (primary N) is 1. The number of thioether (sulfide) groups is 1. The molecule has 0 aliphatic rings. The first-order valence-corrected chi connectivity index (χ1v) is 4.64. The number of pyridine rings is 1. The molecule has 0 saturated heterocycles. The van der Waals surface area contributed by atoms with Gasteiger partial charge in [-0.05, 0) is 18.6 Å². The average Bonchev–Trinajstić information content (AvgIpc) is 2.05. The molecule has 0 aliphatic heterocycles. The maximum absolute atomic E-state index is 6.98. The summed E-state index contributed by atoms with van der Waals surface area (Å²) in [7, 11) is 0. The molecule has 0 spiro atoms. The highest BCUT2D eigenvalue weighted by Crippen LogP contribution is 2.02. The van der Waals surface area contributed by atoms with Crippen molar-refractivity contribution in [3.63, 3.8) is 0 Å². The van der Waals surface area contributed by atoms with Gasteiger partial charge in [-0.2, -0.15) is 0 Å². The highest BCUT2D eigenvalue weighted by atomic mass is 35.5. The van der Waals surface area contributed by atoms with Gasteiger partial charge in [0.05, 0.1) is 0 Å². The number of amidine groups is 1. The fourth-order valence-corrected chi connectivity index (χ4v) is 1.34. The maximum atomic E-state index is 6.98. The number of aryl methyl sites for hydroxylation is 1. The van der Waals surface area contributed by atoms with Crippen LogP contribution < -0.4 is 5.73 Å². The molecule has 1 heterocycles. The second kappa shape index (κ2) is 6.74. The van der Waals surface area contributed by atoms with Crippen molar-refractivity contribution >= 4 is 29.3 Å². The first-order valence-electron chi connectivity index (χ1n) is 3.66.